The van der Waals surface area contributed by atoms with Gasteiger partial charge in [-0.15, -0.1) is 0 Å². The Morgan fingerprint density at radius 3 is 2.10 bits per heavy atom. The normalized spacial score (nSPS) is 10.9. The quantitative estimate of drug-likeness (QED) is 0.481. The van der Waals surface area contributed by atoms with Crippen LogP contribution in [-0.4, -0.2) is 16.4 Å². The molecule has 0 saturated heterocycles. The number of carbonyl (C=O) groups excluding carboxylic acids is 2. The predicted molar refractivity (Wildman–Crippen MR) is 120 cm³/mol. The Bertz CT molecular complexity index is 1300. The van der Waals surface area contributed by atoms with E-state index in [9.17, 15) is 14.4 Å². The molecule has 1 aromatic heterocycles. The van der Waals surface area contributed by atoms with Crippen molar-refractivity contribution < 1.29 is 9.59 Å². The zero-order valence-electron chi connectivity index (χ0n) is 16.1. The van der Waals surface area contributed by atoms with Crippen LogP contribution in [0.4, 0.5) is 11.4 Å². The highest BCUT2D eigenvalue weighted by molar-refractivity contribution is 6.33. The fourth-order valence-electron chi connectivity index (χ4n) is 3.48. The molecule has 2 N–H and O–H groups in total. The molecule has 0 bridgehead atoms. The maximum absolute atomic E-state index is 12.9. The summed E-state index contributed by atoms with van der Waals surface area (Å²) in [5.74, 6) is -0.531. The summed E-state index contributed by atoms with van der Waals surface area (Å²) >= 11 is 6.22. The van der Waals surface area contributed by atoms with Crippen molar-refractivity contribution >= 4 is 56.6 Å². The van der Waals surface area contributed by atoms with E-state index in [4.69, 9.17) is 11.6 Å². The molecule has 4 rings (SSSR count). The third-order valence-corrected chi connectivity index (χ3v) is 5.07. The summed E-state index contributed by atoms with van der Waals surface area (Å²) in [4.78, 5) is 37.0. The van der Waals surface area contributed by atoms with Crippen LogP contribution in [0.1, 0.15) is 6.92 Å². The maximum Gasteiger partial charge on any atom is 0.244 e. The summed E-state index contributed by atoms with van der Waals surface area (Å²) < 4.78 is 1.81. The third-order valence-electron chi connectivity index (χ3n) is 4.74. The minimum Gasteiger partial charge on any atom is -0.331 e. The van der Waals surface area contributed by atoms with Gasteiger partial charge >= 0.3 is 0 Å². The monoisotopic (exact) mass is 419 g/mol. The first-order valence-electron chi connectivity index (χ1n) is 9.31. The predicted octanol–water partition coefficient (Wildman–Crippen LogP) is 4.41. The maximum atomic E-state index is 12.9. The Hall–Kier alpha value is -3.64. The number of rotatable bonds is 4. The minimum atomic E-state index is -0.309. The van der Waals surface area contributed by atoms with Gasteiger partial charge in [0, 0.05) is 23.4 Å². The first-order chi connectivity index (χ1) is 14.4. The smallest absolute Gasteiger partial charge is 0.244 e. The summed E-state index contributed by atoms with van der Waals surface area (Å²) in [6.07, 6.45) is 0. The van der Waals surface area contributed by atoms with E-state index < -0.39 is 0 Å². The Balaban J connectivity index is 1.73. The number of hydrogen-bond donors (Lipinski definition) is 2. The fourth-order valence-corrected chi connectivity index (χ4v) is 3.65. The summed E-state index contributed by atoms with van der Waals surface area (Å²) in [7, 11) is 0. The number of halogens is 1. The number of benzene rings is 3. The molecule has 30 heavy (non-hydrogen) atoms. The molecule has 0 atom stereocenters. The van der Waals surface area contributed by atoms with Crippen LogP contribution in [0.5, 0.6) is 0 Å². The standard InChI is InChI=1S/C23H18ClN3O3/c1-14(28)25-15-10-11-18(24)19(12-15)26-22(29)13-27-20-8-4-2-6-16(20)23(30)17-7-3-5-9-21(17)27/h2-12H,13H2,1H3,(H,25,28)(H,26,29). The number of nitrogens with zero attached hydrogens (tertiary/aromatic N) is 1. The third kappa shape index (κ3) is 3.77. The Labute approximate surface area is 177 Å². The van der Waals surface area contributed by atoms with Gasteiger partial charge in [-0.2, -0.15) is 0 Å². The van der Waals surface area contributed by atoms with Crippen LogP contribution in [0.25, 0.3) is 21.8 Å². The molecule has 0 aliphatic rings. The highest BCUT2D eigenvalue weighted by Gasteiger charge is 2.14. The molecule has 4 aromatic rings. The number of fused-ring (bicyclic) bond motifs is 2. The van der Waals surface area contributed by atoms with Gasteiger partial charge in [-0.05, 0) is 42.5 Å². The van der Waals surface area contributed by atoms with Crippen LogP contribution in [0.2, 0.25) is 5.02 Å². The number of aromatic nitrogens is 1. The van der Waals surface area contributed by atoms with Crippen molar-refractivity contribution in [2.75, 3.05) is 10.6 Å². The lowest BCUT2D eigenvalue weighted by Crippen LogP contribution is -2.21. The van der Waals surface area contributed by atoms with E-state index in [1.54, 1.807) is 42.5 Å². The first-order valence-corrected chi connectivity index (χ1v) is 9.69. The van der Waals surface area contributed by atoms with Gasteiger partial charge in [0.1, 0.15) is 6.54 Å². The number of pyridine rings is 1. The summed E-state index contributed by atoms with van der Waals surface area (Å²) in [6.45, 7) is 1.39. The average Bonchev–Trinajstić information content (AvgIpc) is 2.73. The molecule has 0 aliphatic heterocycles. The lowest BCUT2D eigenvalue weighted by molar-refractivity contribution is -0.116. The summed E-state index contributed by atoms with van der Waals surface area (Å²) in [5.41, 5.74) is 2.21. The molecule has 6 nitrogen and oxygen atoms in total. The molecule has 0 aliphatic carbocycles. The molecule has 3 aromatic carbocycles. The van der Waals surface area contributed by atoms with Crippen LogP contribution in [-0.2, 0) is 16.1 Å². The number of amides is 2. The van der Waals surface area contributed by atoms with Gasteiger partial charge in [-0.1, -0.05) is 35.9 Å². The van der Waals surface area contributed by atoms with Crippen LogP contribution < -0.4 is 16.1 Å². The van der Waals surface area contributed by atoms with E-state index in [-0.39, 0.29) is 23.8 Å². The molecule has 0 unspecified atom stereocenters. The highest BCUT2D eigenvalue weighted by atomic mass is 35.5. The van der Waals surface area contributed by atoms with Crippen LogP contribution in [0.3, 0.4) is 0 Å². The van der Waals surface area contributed by atoms with Gasteiger partial charge in [0.2, 0.25) is 11.8 Å². The highest BCUT2D eigenvalue weighted by Crippen LogP contribution is 2.26. The zero-order chi connectivity index (χ0) is 21.3. The Morgan fingerprint density at radius 1 is 0.900 bits per heavy atom. The van der Waals surface area contributed by atoms with E-state index in [0.29, 0.717) is 38.2 Å². The first kappa shape index (κ1) is 19.7. The molecule has 1 heterocycles. The van der Waals surface area contributed by atoms with Crippen molar-refractivity contribution in [1.82, 2.24) is 4.57 Å². The van der Waals surface area contributed by atoms with Crippen LogP contribution >= 0.6 is 11.6 Å². The van der Waals surface area contributed by atoms with E-state index in [1.165, 1.54) is 6.92 Å². The molecule has 7 heteroatoms. The molecule has 0 fully saturated rings. The molecular weight excluding hydrogens is 402 g/mol. The fraction of sp³-hybridized carbons (Fsp3) is 0.0870. The second-order valence-corrected chi connectivity index (χ2v) is 7.28. The van der Waals surface area contributed by atoms with Crippen molar-refractivity contribution in [3.63, 3.8) is 0 Å². The number of hydrogen-bond acceptors (Lipinski definition) is 3. The van der Waals surface area contributed by atoms with Gasteiger partial charge in [-0.3, -0.25) is 14.4 Å². The topological polar surface area (TPSA) is 80.2 Å². The molecule has 150 valence electrons. The average molecular weight is 420 g/mol. The van der Waals surface area contributed by atoms with E-state index in [2.05, 4.69) is 10.6 Å². The molecular formula is C23H18ClN3O3. The number of carbonyl (C=O) groups is 2. The van der Waals surface area contributed by atoms with E-state index in [1.807, 2.05) is 28.8 Å². The van der Waals surface area contributed by atoms with E-state index in [0.717, 1.165) is 0 Å². The molecule has 0 saturated carbocycles. The van der Waals surface area contributed by atoms with E-state index >= 15 is 0 Å². The summed E-state index contributed by atoms with van der Waals surface area (Å²) in [5, 5.41) is 6.91. The number of nitrogens with one attached hydrogen (secondary N) is 2. The van der Waals surface area contributed by atoms with Gasteiger partial charge in [0.25, 0.3) is 0 Å². The molecule has 0 radical (unpaired) electrons. The molecule has 0 spiro atoms. The lowest BCUT2D eigenvalue weighted by atomic mass is 10.1. The zero-order valence-corrected chi connectivity index (χ0v) is 16.9. The Morgan fingerprint density at radius 2 is 1.50 bits per heavy atom. The van der Waals surface area contributed by atoms with Gasteiger partial charge in [-0.25, -0.2) is 0 Å². The SMILES string of the molecule is CC(=O)Nc1ccc(Cl)c(NC(=O)Cn2c3ccccc3c(=O)c3ccccc32)c1. The van der Waals surface area contributed by atoms with Gasteiger partial charge < -0.3 is 15.2 Å². The molecule has 2 amide bonds. The second-order valence-electron chi connectivity index (χ2n) is 6.87. The van der Waals surface area contributed by atoms with Crippen LogP contribution in [0.15, 0.2) is 71.5 Å². The van der Waals surface area contributed by atoms with Crippen LogP contribution in [0, 0.1) is 0 Å². The van der Waals surface area contributed by atoms with Crippen molar-refractivity contribution in [3.05, 3.63) is 82.0 Å². The number of para-hydroxylation sites is 2. The van der Waals surface area contributed by atoms with Crippen molar-refractivity contribution in [3.8, 4) is 0 Å². The van der Waals surface area contributed by atoms with Crippen molar-refractivity contribution in [2.24, 2.45) is 0 Å². The Kier molecular flexibility index (Phi) is 5.25. The van der Waals surface area contributed by atoms with Crippen molar-refractivity contribution in [2.45, 2.75) is 13.5 Å². The second kappa shape index (κ2) is 8.00. The number of anilines is 2. The largest absolute Gasteiger partial charge is 0.331 e. The summed E-state index contributed by atoms with van der Waals surface area (Å²) in [6, 6.07) is 19.3. The van der Waals surface area contributed by atoms with Gasteiger partial charge in [0.05, 0.1) is 21.7 Å². The van der Waals surface area contributed by atoms with Gasteiger partial charge in [0.15, 0.2) is 5.43 Å². The lowest BCUT2D eigenvalue weighted by Gasteiger charge is -2.16. The van der Waals surface area contributed by atoms with Crippen molar-refractivity contribution in [1.29, 1.82) is 0 Å². The minimum absolute atomic E-state index is 0.0119.